The molecule has 78 valence electrons. The molecule has 0 unspecified atom stereocenters. The third kappa shape index (κ3) is 1.68. The lowest BCUT2D eigenvalue weighted by Gasteiger charge is -2.05. The lowest BCUT2D eigenvalue weighted by Crippen LogP contribution is -2.15. The highest BCUT2D eigenvalue weighted by atomic mass is 32.1. The predicted molar refractivity (Wildman–Crippen MR) is 62.9 cm³/mol. The number of nitrogens with two attached hydrogens (primary N) is 1. The van der Waals surface area contributed by atoms with Crippen LogP contribution in [0.1, 0.15) is 10.6 Å². The van der Waals surface area contributed by atoms with Crippen molar-refractivity contribution in [3.05, 3.63) is 45.7 Å². The van der Waals surface area contributed by atoms with Gasteiger partial charge in [0, 0.05) is 16.3 Å². The van der Waals surface area contributed by atoms with Crippen molar-refractivity contribution in [1.82, 2.24) is 4.57 Å². The van der Waals surface area contributed by atoms with Gasteiger partial charge in [0.25, 0.3) is 0 Å². The Morgan fingerprint density at radius 2 is 1.87 bits per heavy atom. The third-order valence-corrected chi connectivity index (χ3v) is 3.48. The van der Waals surface area contributed by atoms with E-state index in [1.54, 1.807) is 11.3 Å². The first-order valence-corrected chi connectivity index (χ1v) is 5.54. The fourth-order valence-electron chi connectivity index (χ4n) is 1.52. The zero-order valence-corrected chi connectivity index (χ0v) is 9.58. The number of aromatic nitrogens is 1. The summed E-state index contributed by atoms with van der Waals surface area (Å²) in [5, 5.41) is 3.81. The van der Waals surface area contributed by atoms with Crippen LogP contribution < -0.4 is 10.6 Å². The molecular weight excluding hydrogens is 206 g/mol. The Labute approximate surface area is 92.5 Å². The number of para-hydroxylation sites is 1. The molecule has 4 heteroatoms. The van der Waals surface area contributed by atoms with E-state index in [9.17, 15) is 0 Å². The number of nitrogens with zero attached hydrogens (tertiary/aromatic N) is 2. The van der Waals surface area contributed by atoms with Gasteiger partial charge in [0.15, 0.2) is 0 Å². The molecule has 0 atom stereocenters. The van der Waals surface area contributed by atoms with E-state index in [0.717, 1.165) is 10.5 Å². The Morgan fingerprint density at radius 1 is 1.20 bits per heavy atom. The summed E-state index contributed by atoms with van der Waals surface area (Å²) in [5.41, 5.74) is 2.29. The molecule has 0 radical (unpaired) electrons. The minimum atomic E-state index is 0.830. The second kappa shape index (κ2) is 3.90. The number of hydrogen-bond acceptors (Lipinski definition) is 3. The molecule has 0 aliphatic heterocycles. The van der Waals surface area contributed by atoms with Crippen molar-refractivity contribution < 1.29 is 0 Å². The van der Waals surface area contributed by atoms with Crippen molar-refractivity contribution >= 4 is 11.3 Å². The molecule has 3 nitrogen and oxygen atoms in total. The Hall–Kier alpha value is -1.55. The second-order valence-corrected chi connectivity index (χ2v) is 4.51. The zero-order valence-electron chi connectivity index (χ0n) is 8.77. The maximum atomic E-state index is 5.38. The van der Waals surface area contributed by atoms with Crippen LogP contribution in [0.15, 0.2) is 35.4 Å². The standard InChI is InChI=1S/C11H13N3S/c1-8-9(2)15-11(13-12)14(8)10-6-4-3-5-7-10/h3-7H,12H2,1-2H3. The van der Waals surface area contributed by atoms with E-state index in [0.29, 0.717) is 0 Å². The van der Waals surface area contributed by atoms with Gasteiger partial charge in [0.05, 0.1) is 0 Å². The largest absolute Gasteiger partial charge is 0.320 e. The van der Waals surface area contributed by atoms with Crippen LogP contribution in [0.2, 0.25) is 0 Å². The van der Waals surface area contributed by atoms with Crippen LogP contribution in [0.5, 0.6) is 0 Å². The van der Waals surface area contributed by atoms with Gasteiger partial charge in [-0.25, -0.2) is 0 Å². The van der Waals surface area contributed by atoms with Crippen LogP contribution in [0.3, 0.4) is 0 Å². The molecule has 2 rings (SSSR count). The zero-order chi connectivity index (χ0) is 10.8. The highest BCUT2D eigenvalue weighted by Crippen LogP contribution is 2.14. The Balaban J connectivity index is 2.73. The van der Waals surface area contributed by atoms with E-state index in [2.05, 4.69) is 23.5 Å². The monoisotopic (exact) mass is 219 g/mol. The van der Waals surface area contributed by atoms with Crippen LogP contribution in [-0.2, 0) is 0 Å². The van der Waals surface area contributed by atoms with Crippen molar-refractivity contribution in [2.45, 2.75) is 13.8 Å². The third-order valence-electron chi connectivity index (χ3n) is 2.41. The summed E-state index contributed by atoms with van der Waals surface area (Å²) in [6.07, 6.45) is 0. The predicted octanol–water partition coefficient (Wildman–Crippen LogP) is 1.93. The maximum Gasteiger partial charge on any atom is 0.212 e. The average Bonchev–Trinajstić information content (AvgIpc) is 2.56. The first-order valence-electron chi connectivity index (χ1n) is 4.72. The highest BCUT2D eigenvalue weighted by Gasteiger charge is 2.06. The summed E-state index contributed by atoms with van der Waals surface area (Å²) < 4.78 is 2.07. The first kappa shape index (κ1) is 9.98. The van der Waals surface area contributed by atoms with E-state index in [-0.39, 0.29) is 0 Å². The normalized spacial score (nSPS) is 12.0. The molecule has 0 spiro atoms. The molecular formula is C11H13N3S. The number of benzene rings is 1. The molecule has 0 saturated carbocycles. The summed E-state index contributed by atoms with van der Waals surface area (Å²) in [6, 6.07) is 10.1. The summed E-state index contributed by atoms with van der Waals surface area (Å²) >= 11 is 1.61. The molecule has 0 aliphatic carbocycles. The number of thiazole rings is 1. The van der Waals surface area contributed by atoms with Gasteiger partial charge < -0.3 is 5.84 Å². The second-order valence-electron chi connectivity index (χ2n) is 3.33. The van der Waals surface area contributed by atoms with E-state index < -0.39 is 0 Å². The van der Waals surface area contributed by atoms with Crippen LogP contribution in [0.25, 0.3) is 5.69 Å². The number of rotatable bonds is 1. The van der Waals surface area contributed by atoms with Crippen LogP contribution >= 0.6 is 11.3 Å². The lowest BCUT2D eigenvalue weighted by atomic mass is 10.3. The van der Waals surface area contributed by atoms with Crippen molar-refractivity contribution in [2.24, 2.45) is 10.9 Å². The highest BCUT2D eigenvalue weighted by molar-refractivity contribution is 7.09. The number of hydrogen-bond donors (Lipinski definition) is 1. The topological polar surface area (TPSA) is 43.3 Å². The summed E-state index contributed by atoms with van der Waals surface area (Å²) in [7, 11) is 0. The minimum Gasteiger partial charge on any atom is -0.320 e. The van der Waals surface area contributed by atoms with Crippen molar-refractivity contribution in [2.75, 3.05) is 0 Å². The Morgan fingerprint density at radius 3 is 2.47 bits per heavy atom. The van der Waals surface area contributed by atoms with Crippen LogP contribution in [-0.4, -0.2) is 4.57 Å². The molecule has 0 saturated heterocycles. The molecule has 1 aromatic heterocycles. The van der Waals surface area contributed by atoms with Crippen LogP contribution in [0.4, 0.5) is 0 Å². The molecule has 0 amide bonds. The molecule has 1 aromatic carbocycles. The van der Waals surface area contributed by atoms with Crippen molar-refractivity contribution in [3.63, 3.8) is 0 Å². The summed E-state index contributed by atoms with van der Waals surface area (Å²) in [4.78, 5) is 2.07. The van der Waals surface area contributed by atoms with Gasteiger partial charge in [0.2, 0.25) is 4.80 Å². The molecule has 2 N–H and O–H groups in total. The first-order chi connectivity index (χ1) is 7.24. The van der Waals surface area contributed by atoms with Gasteiger partial charge in [-0.15, -0.1) is 0 Å². The van der Waals surface area contributed by atoms with Gasteiger partial charge >= 0.3 is 0 Å². The van der Waals surface area contributed by atoms with Gasteiger partial charge in [-0.1, -0.05) is 29.5 Å². The Bertz CT molecular complexity index is 523. The van der Waals surface area contributed by atoms with Gasteiger partial charge in [0.1, 0.15) is 0 Å². The molecule has 15 heavy (non-hydrogen) atoms. The van der Waals surface area contributed by atoms with E-state index in [1.165, 1.54) is 10.6 Å². The smallest absolute Gasteiger partial charge is 0.212 e. The SMILES string of the molecule is Cc1sc(=NN)n(-c2ccccc2)c1C. The molecule has 2 aromatic rings. The van der Waals surface area contributed by atoms with E-state index in [4.69, 9.17) is 5.84 Å². The average molecular weight is 219 g/mol. The molecule has 0 bridgehead atoms. The van der Waals surface area contributed by atoms with Gasteiger partial charge in [-0.3, -0.25) is 4.57 Å². The maximum absolute atomic E-state index is 5.38. The van der Waals surface area contributed by atoms with Gasteiger partial charge in [-0.05, 0) is 26.0 Å². The van der Waals surface area contributed by atoms with Crippen molar-refractivity contribution in [3.8, 4) is 5.69 Å². The Kier molecular flexibility index (Phi) is 2.60. The minimum absolute atomic E-state index is 0.830. The quantitative estimate of drug-likeness (QED) is 0.578. The fourth-order valence-corrected chi connectivity index (χ4v) is 2.42. The van der Waals surface area contributed by atoms with E-state index >= 15 is 0 Å². The lowest BCUT2D eigenvalue weighted by molar-refractivity contribution is 0.920. The van der Waals surface area contributed by atoms with E-state index in [1.807, 2.05) is 30.3 Å². The summed E-state index contributed by atoms with van der Waals surface area (Å²) in [6.45, 7) is 4.15. The van der Waals surface area contributed by atoms with Crippen LogP contribution in [0, 0.1) is 13.8 Å². The molecule has 0 aliphatic rings. The molecule has 1 heterocycles. The fraction of sp³-hybridized carbons (Fsp3) is 0.182. The number of aryl methyl sites for hydroxylation is 1. The molecule has 0 fully saturated rings. The van der Waals surface area contributed by atoms with Crippen molar-refractivity contribution in [1.29, 1.82) is 0 Å². The summed E-state index contributed by atoms with van der Waals surface area (Å²) in [5.74, 6) is 5.38. The van der Waals surface area contributed by atoms with Gasteiger partial charge in [-0.2, -0.15) is 5.10 Å².